The lowest BCUT2D eigenvalue weighted by molar-refractivity contribution is 0.102. The Morgan fingerprint density at radius 1 is 1.03 bits per heavy atom. The number of hydrogen-bond donors (Lipinski definition) is 3. The number of azo groups is 1. The zero-order valence-electron chi connectivity index (χ0n) is 20.1. The van der Waals surface area contributed by atoms with Crippen LogP contribution < -0.4 is 10.1 Å². The fourth-order valence-electron chi connectivity index (χ4n) is 3.67. The van der Waals surface area contributed by atoms with Crippen molar-refractivity contribution in [1.82, 2.24) is 0 Å². The van der Waals surface area contributed by atoms with Crippen molar-refractivity contribution in [2.45, 2.75) is 18.7 Å². The Morgan fingerprint density at radius 3 is 2.47 bits per heavy atom. The van der Waals surface area contributed by atoms with Crippen molar-refractivity contribution >= 4 is 67.1 Å². The minimum Gasteiger partial charge on any atom is -0.505 e. The molecule has 0 saturated carbocycles. The molecule has 1 amide bonds. The Balaban J connectivity index is 1.82. The molecule has 0 unspecified atom stereocenters. The molecule has 0 spiro atoms. The largest absolute Gasteiger partial charge is 0.505 e. The highest BCUT2D eigenvalue weighted by atomic mass is 35.5. The van der Waals surface area contributed by atoms with Crippen LogP contribution in [-0.2, 0) is 10.1 Å². The van der Waals surface area contributed by atoms with Crippen LogP contribution in [0.4, 0.5) is 17.1 Å². The van der Waals surface area contributed by atoms with Gasteiger partial charge in [-0.25, -0.2) is 0 Å². The van der Waals surface area contributed by atoms with Gasteiger partial charge in [0.1, 0.15) is 22.0 Å². The number of aryl methyl sites for hydroxylation is 1. The third-order valence-electron chi connectivity index (χ3n) is 5.51. The van der Waals surface area contributed by atoms with Crippen LogP contribution in [0.5, 0.6) is 11.5 Å². The summed E-state index contributed by atoms with van der Waals surface area (Å²) >= 11 is 12.4. The molecule has 0 atom stereocenters. The summed E-state index contributed by atoms with van der Waals surface area (Å²) in [4.78, 5) is 12.7. The van der Waals surface area contributed by atoms with Gasteiger partial charge in [-0.05, 0) is 55.1 Å². The van der Waals surface area contributed by atoms with Crippen LogP contribution in [0.1, 0.15) is 22.8 Å². The normalized spacial score (nSPS) is 11.7. The van der Waals surface area contributed by atoms with Gasteiger partial charge in [0.2, 0.25) is 0 Å². The molecule has 3 N–H and O–H groups in total. The number of phenols is 1. The Morgan fingerprint density at radius 2 is 1.76 bits per heavy atom. The Kier molecular flexibility index (Phi) is 7.89. The van der Waals surface area contributed by atoms with Crippen molar-refractivity contribution in [3.63, 3.8) is 0 Å². The molecular weight excluding hydrogens is 553 g/mol. The van der Waals surface area contributed by atoms with Crippen molar-refractivity contribution in [2.24, 2.45) is 10.2 Å². The predicted octanol–water partition coefficient (Wildman–Crippen LogP) is 7.47. The monoisotopic (exact) mass is 573 g/mol. The van der Waals surface area contributed by atoms with Gasteiger partial charge < -0.3 is 15.2 Å². The summed E-state index contributed by atoms with van der Waals surface area (Å²) in [7, 11) is -4.66. The summed E-state index contributed by atoms with van der Waals surface area (Å²) in [5, 5.41) is 23.2. The average Bonchev–Trinajstić information content (AvgIpc) is 2.86. The summed E-state index contributed by atoms with van der Waals surface area (Å²) in [5.74, 6) is -0.693. The van der Waals surface area contributed by atoms with E-state index < -0.39 is 26.7 Å². The van der Waals surface area contributed by atoms with Crippen molar-refractivity contribution in [3.05, 3.63) is 81.8 Å². The van der Waals surface area contributed by atoms with Crippen LogP contribution in [0.2, 0.25) is 10.0 Å². The topological polar surface area (TPSA) is 138 Å². The number of benzene rings is 4. The number of phenolic OH excluding ortho intramolecular Hbond substituents is 1. The quantitative estimate of drug-likeness (QED) is 0.155. The fraction of sp³-hybridized carbons (Fsp3) is 0.115. The van der Waals surface area contributed by atoms with Gasteiger partial charge in [-0.1, -0.05) is 47.5 Å². The molecule has 0 heterocycles. The maximum Gasteiger partial charge on any atom is 0.296 e. The second-order valence-electron chi connectivity index (χ2n) is 8.12. The fourth-order valence-corrected chi connectivity index (χ4v) is 4.68. The first-order chi connectivity index (χ1) is 18.0. The van der Waals surface area contributed by atoms with Crippen LogP contribution in [0.25, 0.3) is 10.8 Å². The molecule has 4 aromatic carbocycles. The minimum absolute atomic E-state index is 0.0969. The SMILES string of the molecule is CCOc1ccc(Cl)c(NC(=O)c2cc3ccccc3c(N=Nc3cc(Cl)c(C)cc3S(=O)(=O)O)c2O)c1. The molecule has 0 aliphatic rings. The van der Waals surface area contributed by atoms with Crippen molar-refractivity contribution in [1.29, 1.82) is 0 Å². The van der Waals surface area contributed by atoms with Crippen molar-refractivity contribution in [2.75, 3.05) is 11.9 Å². The van der Waals surface area contributed by atoms with E-state index in [1.165, 1.54) is 12.1 Å². The van der Waals surface area contributed by atoms with E-state index in [1.54, 1.807) is 49.4 Å². The smallest absolute Gasteiger partial charge is 0.296 e. The molecule has 0 bridgehead atoms. The first-order valence-corrected chi connectivity index (χ1v) is 13.4. The molecule has 0 aromatic heterocycles. The molecule has 0 aliphatic carbocycles. The molecular formula is C26H21Cl2N3O6S. The maximum absolute atomic E-state index is 13.2. The van der Waals surface area contributed by atoms with E-state index in [4.69, 9.17) is 27.9 Å². The lowest BCUT2D eigenvalue weighted by Gasteiger charge is -2.13. The number of carbonyl (C=O) groups excluding carboxylic acids is 1. The third-order valence-corrected chi connectivity index (χ3v) is 7.13. The Labute approximate surface area is 228 Å². The van der Waals surface area contributed by atoms with E-state index in [0.29, 0.717) is 28.7 Å². The number of amides is 1. The van der Waals surface area contributed by atoms with Gasteiger partial charge in [0.15, 0.2) is 5.75 Å². The van der Waals surface area contributed by atoms with Gasteiger partial charge in [-0.2, -0.15) is 8.42 Å². The van der Waals surface area contributed by atoms with E-state index in [0.717, 1.165) is 6.07 Å². The van der Waals surface area contributed by atoms with Gasteiger partial charge in [0, 0.05) is 16.5 Å². The zero-order valence-corrected chi connectivity index (χ0v) is 22.4. The number of aromatic hydroxyl groups is 1. The molecule has 196 valence electrons. The standard InChI is InChI=1S/C26H21Cl2N3O6S/c1-3-37-16-8-9-19(27)21(12-16)29-26(33)18-11-15-6-4-5-7-17(15)24(25(18)32)31-30-22-13-20(28)14(2)10-23(22)38(34,35)36/h4-13,32H,3H2,1-2H3,(H,29,33)(H,34,35,36). The number of hydrogen-bond acceptors (Lipinski definition) is 7. The lowest BCUT2D eigenvalue weighted by Crippen LogP contribution is -2.12. The van der Waals surface area contributed by atoms with Crippen LogP contribution in [0.15, 0.2) is 75.8 Å². The Hall–Kier alpha value is -3.70. The first kappa shape index (κ1) is 27.3. The second kappa shape index (κ2) is 11.0. The molecule has 9 nitrogen and oxygen atoms in total. The highest BCUT2D eigenvalue weighted by Crippen LogP contribution is 2.41. The molecule has 4 rings (SSSR count). The molecule has 0 saturated heterocycles. The van der Waals surface area contributed by atoms with Gasteiger partial charge in [0.25, 0.3) is 16.0 Å². The number of fused-ring (bicyclic) bond motifs is 1. The average molecular weight is 574 g/mol. The van der Waals surface area contributed by atoms with Gasteiger partial charge in [-0.15, -0.1) is 10.2 Å². The van der Waals surface area contributed by atoms with Gasteiger partial charge in [0.05, 0.1) is 22.9 Å². The van der Waals surface area contributed by atoms with Gasteiger partial charge >= 0.3 is 0 Å². The van der Waals surface area contributed by atoms with Crippen molar-refractivity contribution in [3.8, 4) is 11.5 Å². The highest BCUT2D eigenvalue weighted by molar-refractivity contribution is 7.86. The molecule has 0 radical (unpaired) electrons. The zero-order chi connectivity index (χ0) is 27.6. The summed E-state index contributed by atoms with van der Waals surface area (Å²) in [6, 6.07) is 15.4. The predicted molar refractivity (Wildman–Crippen MR) is 146 cm³/mol. The Bertz CT molecular complexity index is 1710. The second-order valence-corrected chi connectivity index (χ2v) is 10.3. The molecule has 0 fully saturated rings. The first-order valence-electron chi connectivity index (χ1n) is 11.2. The molecule has 4 aromatic rings. The van der Waals surface area contributed by atoms with Gasteiger partial charge in [-0.3, -0.25) is 9.35 Å². The highest BCUT2D eigenvalue weighted by Gasteiger charge is 2.21. The molecule has 0 aliphatic heterocycles. The van der Waals surface area contributed by atoms with Crippen LogP contribution in [-0.4, -0.2) is 30.6 Å². The number of halogens is 2. The van der Waals surface area contributed by atoms with E-state index >= 15 is 0 Å². The van der Waals surface area contributed by atoms with E-state index in [1.807, 2.05) is 6.92 Å². The number of rotatable bonds is 7. The molecule has 38 heavy (non-hydrogen) atoms. The van der Waals surface area contributed by atoms with Crippen LogP contribution >= 0.6 is 23.2 Å². The summed E-state index contributed by atoms with van der Waals surface area (Å²) in [6.45, 7) is 3.80. The molecule has 12 heteroatoms. The number of nitrogens with one attached hydrogen (secondary N) is 1. The number of nitrogens with zero attached hydrogens (tertiary/aromatic N) is 2. The minimum atomic E-state index is -4.66. The van der Waals surface area contributed by atoms with E-state index in [9.17, 15) is 22.9 Å². The third kappa shape index (κ3) is 5.73. The number of ether oxygens (including phenoxy) is 1. The summed E-state index contributed by atoms with van der Waals surface area (Å²) in [5.41, 5.74) is 0.191. The number of carbonyl (C=O) groups is 1. The summed E-state index contributed by atoms with van der Waals surface area (Å²) < 4.78 is 38.9. The van der Waals surface area contributed by atoms with E-state index in [2.05, 4.69) is 15.5 Å². The lowest BCUT2D eigenvalue weighted by atomic mass is 10.0. The van der Waals surface area contributed by atoms with E-state index in [-0.39, 0.29) is 32.7 Å². The van der Waals surface area contributed by atoms with Crippen LogP contribution in [0, 0.1) is 6.92 Å². The summed E-state index contributed by atoms with van der Waals surface area (Å²) in [6.07, 6.45) is 0. The number of anilines is 1. The van der Waals surface area contributed by atoms with Crippen molar-refractivity contribution < 1.29 is 27.6 Å². The van der Waals surface area contributed by atoms with Crippen LogP contribution in [0.3, 0.4) is 0 Å². The maximum atomic E-state index is 13.2.